The number of benzene rings is 2. The standard InChI is InChI=1S/C22H26O4/c1-15-16(2)22(18-7-11-20(24-4)12-8-18)14-13-21(15,25-26-22)17-5-9-19(23-3)10-6-17/h5-12,15-16H,13-14H2,1-4H3/t15-,16+,21+,22-. The molecule has 5 rings (SSSR count). The number of methoxy groups -OCH3 is 2. The summed E-state index contributed by atoms with van der Waals surface area (Å²) in [6.45, 7) is 4.55. The molecule has 3 fully saturated rings. The molecule has 4 nitrogen and oxygen atoms in total. The molecule has 2 heterocycles. The summed E-state index contributed by atoms with van der Waals surface area (Å²) in [7, 11) is 3.37. The van der Waals surface area contributed by atoms with E-state index in [-0.39, 0.29) is 0 Å². The Labute approximate surface area is 155 Å². The van der Waals surface area contributed by atoms with Crippen LogP contribution >= 0.6 is 0 Å². The summed E-state index contributed by atoms with van der Waals surface area (Å²) in [4.78, 5) is 12.3. The quantitative estimate of drug-likeness (QED) is 0.738. The average Bonchev–Trinajstić information content (AvgIpc) is 2.72. The first kappa shape index (κ1) is 17.4. The van der Waals surface area contributed by atoms with Gasteiger partial charge in [-0.25, -0.2) is 9.78 Å². The van der Waals surface area contributed by atoms with E-state index < -0.39 is 11.2 Å². The summed E-state index contributed by atoms with van der Waals surface area (Å²) in [5.41, 5.74) is 1.50. The van der Waals surface area contributed by atoms with Crippen molar-refractivity contribution in [2.45, 2.75) is 37.9 Å². The van der Waals surface area contributed by atoms with Gasteiger partial charge in [0.15, 0.2) is 0 Å². The molecule has 4 heteroatoms. The highest BCUT2D eigenvalue weighted by atomic mass is 17.2. The van der Waals surface area contributed by atoms with Gasteiger partial charge in [-0.2, -0.15) is 0 Å². The van der Waals surface area contributed by atoms with E-state index in [9.17, 15) is 0 Å². The van der Waals surface area contributed by atoms with Crippen LogP contribution in [0.15, 0.2) is 48.5 Å². The van der Waals surface area contributed by atoms with Crippen LogP contribution in [0.3, 0.4) is 0 Å². The van der Waals surface area contributed by atoms with E-state index in [4.69, 9.17) is 19.2 Å². The third kappa shape index (κ3) is 2.36. The van der Waals surface area contributed by atoms with E-state index in [2.05, 4.69) is 38.1 Å². The van der Waals surface area contributed by atoms with Crippen LogP contribution in [-0.2, 0) is 21.0 Å². The Morgan fingerprint density at radius 3 is 1.31 bits per heavy atom. The molecule has 0 aromatic heterocycles. The Bertz CT molecular complexity index is 690. The lowest BCUT2D eigenvalue weighted by Crippen LogP contribution is -2.59. The van der Waals surface area contributed by atoms with Crippen molar-refractivity contribution in [3.63, 3.8) is 0 Å². The Balaban J connectivity index is 1.67. The summed E-state index contributed by atoms with van der Waals surface area (Å²) < 4.78 is 10.6. The molecule has 0 radical (unpaired) electrons. The van der Waals surface area contributed by atoms with Gasteiger partial charge in [0.05, 0.1) is 14.2 Å². The molecule has 0 amide bonds. The van der Waals surface area contributed by atoms with Crippen molar-refractivity contribution in [2.75, 3.05) is 14.2 Å². The minimum absolute atomic E-state index is 0.320. The molecule has 26 heavy (non-hydrogen) atoms. The van der Waals surface area contributed by atoms with Gasteiger partial charge < -0.3 is 9.47 Å². The molecule has 0 N–H and O–H groups in total. The smallest absolute Gasteiger partial charge is 0.131 e. The van der Waals surface area contributed by atoms with E-state index in [1.54, 1.807) is 14.2 Å². The van der Waals surface area contributed by atoms with E-state index in [0.717, 1.165) is 35.5 Å². The van der Waals surface area contributed by atoms with Gasteiger partial charge >= 0.3 is 0 Å². The Hall–Kier alpha value is -2.04. The highest BCUT2D eigenvalue weighted by Crippen LogP contribution is 2.61. The normalized spacial score (nSPS) is 33.1. The monoisotopic (exact) mass is 354 g/mol. The topological polar surface area (TPSA) is 36.9 Å². The highest BCUT2D eigenvalue weighted by molar-refractivity contribution is 5.36. The van der Waals surface area contributed by atoms with Crippen molar-refractivity contribution in [3.8, 4) is 11.5 Å². The van der Waals surface area contributed by atoms with Gasteiger partial charge in [0, 0.05) is 0 Å². The van der Waals surface area contributed by atoms with Crippen LogP contribution in [0.1, 0.15) is 37.8 Å². The fraction of sp³-hybridized carbons (Fsp3) is 0.455. The molecule has 3 aliphatic rings. The second kappa shape index (κ2) is 6.29. The van der Waals surface area contributed by atoms with E-state index >= 15 is 0 Å². The summed E-state index contributed by atoms with van der Waals surface area (Å²) >= 11 is 0. The van der Waals surface area contributed by atoms with Crippen LogP contribution in [-0.4, -0.2) is 14.2 Å². The van der Waals surface area contributed by atoms with Gasteiger partial charge in [0.25, 0.3) is 0 Å². The second-order valence-corrected chi connectivity index (χ2v) is 7.48. The van der Waals surface area contributed by atoms with Crippen LogP contribution in [0.5, 0.6) is 11.5 Å². The first-order valence-corrected chi connectivity index (χ1v) is 9.21. The third-order valence-electron chi connectivity index (χ3n) is 6.59. The van der Waals surface area contributed by atoms with Gasteiger partial charge in [-0.15, -0.1) is 0 Å². The Kier molecular flexibility index (Phi) is 4.20. The van der Waals surface area contributed by atoms with Crippen LogP contribution in [0.4, 0.5) is 0 Å². The molecule has 2 aromatic rings. The SMILES string of the molecule is COc1ccc([C@]23CC[C@](c4ccc(OC)cc4)(OO2)[C@H](C)[C@@H]3C)cc1. The number of hydrogen-bond donors (Lipinski definition) is 0. The van der Waals surface area contributed by atoms with Crippen LogP contribution < -0.4 is 9.47 Å². The molecule has 0 unspecified atom stereocenters. The van der Waals surface area contributed by atoms with Crippen molar-refractivity contribution >= 4 is 0 Å². The zero-order chi connectivity index (χ0) is 18.4. The van der Waals surface area contributed by atoms with Crippen LogP contribution in [0, 0.1) is 11.8 Å². The predicted molar refractivity (Wildman–Crippen MR) is 99.1 cm³/mol. The lowest BCUT2D eigenvalue weighted by Gasteiger charge is -2.59. The zero-order valence-corrected chi connectivity index (χ0v) is 15.8. The molecule has 0 spiro atoms. The molecule has 2 aromatic carbocycles. The van der Waals surface area contributed by atoms with Gasteiger partial charge in [-0.3, -0.25) is 0 Å². The number of ether oxygens (including phenoxy) is 2. The van der Waals surface area contributed by atoms with Gasteiger partial charge in [0.1, 0.15) is 22.7 Å². The first-order chi connectivity index (χ1) is 12.6. The zero-order valence-electron chi connectivity index (χ0n) is 15.8. The van der Waals surface area contributed by atoms with Gasteiger partial charge in [-0.05, 0) is 60.1 Å². The Morgan fingerprint density at radius 1 is 0.692 bits per heavy atom. The Morgan fingerprint density at radius 2 is 1.04 bits per heavy atom. The maximum atomic E-state index is 6.15. The van der Waals surface area contributed by atoms with E-state index in [0.29, 0.717) is 11.8 Å². The highest BCUT2D eigenvalue weighted by Gasteiger charge is 2.61. The number of rotatable bonds is 4. The summed E-state index contributed by atoms with van der Waals surface area (Å²) in [6.07, 6.45) is 1.85. The molecule has 1 aliphatic carbocycles. The third-order valence-corrected chi connectivity index (χ3v) is 6.59. The summed E-state index contributed by atoms with van der Waals surface area (Å²) in [6, 6.07) is 16.3. The molecule has 2 saturated heterocycles. The maximum absolute atomic E-state index is 6.15. The minimum Gasteiger partial charge on any atom is -0.497 e. The summed E-state index contributed by atoms with van der Waals surface area (Å²) in [5.74, 6) is 2.35. The van der Waals surface area contributed by atoms with Crippen LogP contribution in [0.25, 0.3) is 0 Å². The second-order valence-electron chi connectivity index (χ2n) is 7.48. The summed E-state index contributed by atoms with van der Waals surface area (Å²) in [5, 5.41) is 0. The lowest BCUT2D eigenvalue weighted by atomic mass is 9.58. The van der Waals surface area contributed by atoms with Crippen molar-refractivity contribution < 1.29 is 19.2 Å². The average molecular weight is 354 g/mol. The molecule has 138 valence electrons. The lowest BCUT2D eigenvalue weighted by molar-refractivity contribution is -0.506. The molecule has 2 aliphatic heterocycles. The van der Waals surface area contributed by atoms with Gasteiger partial charge in [-0.1, -0.05) is 38.1 Å². The first-order valence-electron chi connectivity index (χ1n) is 9.21. The van der Waals surface area contributed by atoms with E-state index in [1.807, 2.05) is 24.3 Å². The van der Waals surface area contributed by atoms with E-state index in [1.165, 1.54) is 0 Å². The van der Waals surface area contributed by atoms with Gasteiger partial charge in [0.2, 0.25) is 0 Å². The molecular weight excluding hydrogens is 328 g/mol. The number of fused-ring (bicyclic) bond motifs is 3. The number of hydrogen-bond acceptors (Lipinski definition) is 4. The molecule has 2 bridgehead atoms. The molecule has 1 saturated carbocycles. The van der Waals surface area contributed by atoms with Crippen LogP contribution in [0.2, 0.25) is 0 Å². The fourth-order valence-corrected chi connectivity index (χ4v) is 4.68. The van der Waals surface area contributed by atoms with Crippen molar-refractivity contribution in [1.29, 1.82) is 0 Å². The largest absolute Gasteiger partial charge is 0.497 e. The molecular formula is C22H26O4. The maximum Gasteiger partial charge on any atom is 0.131 e. The fourth-order valence-electron chi connectivity index (χ4n) is 4.68. The predicted octanol–water partition coefficient (Wildman–Crippen LogP) is 4.82. The minimum atomic E-state index is -0.403. The van der Waals surface area contributed by atoms with Crippen molar-refractivity contribution in [2.24, 2.45) is 11.8 Å². The van der Waals surface area contributed by atoms with Crippen molar-refractivity contribution in [1.82, 2.24) is 0 Å². The van der Waals surface area contributed by atoms with Crippen molar-refractivity contribution in [3.05, 3.63) is 59.7 Å². The molecule has 4 atom stereocenters.